The molecule has 7 nitrogen and oxygen atoms in total. The number of hydrogen-bond donors (Lipinski definition) is 2. The summed E-state index contributed by atoms with van der Waals surface area (Å²) in [5.74, 6) is -3.28. The summed E-state index contributed by atoms with van der Waals surface area (Å²) in [5.41, 5.74) is 1.31. The van der Waals surface area contributed by atoms with E-state index in [0.717, 1.165) is 18.6 Å². The van der Waals surface area contributed by atoms with Crippen molar-refractivity contribution in [3.05, 3.63) is 41.0 Å². The molecule has 208 valence electrons. The fourth-order valence-electron chi connectivity index (χ4n) is 5.90. The molecule has 0 saturated carbocycles. The second kappa shape index (κ2) is 9.10. The molecule has 6 rings (SSSR count). The standard InChI is InChI=1S/C26H19F6N5O2S/c27-11-7-25(4-1-5-37(25)9-11)10-39-24-35-20-13(23(38)36-24)6-15(26(30,31)32)18(19(20)29)12-2-3-16(28)21-17(12)14(8-33)22(34)40-21/h2-3,6,11H,1,4-5,7,9-10,34H2,(H,35,36,38)/t11-,25+/m1/s1. The van der Waals surface area contributed by atoms with Gasteiger partial charge in [-0.25, -0.2) is 13.2 Å². The number of anilines is 1. The van der Waals surface area contributed by atoms with Crippen LogP contribution in [0.3, 0.4) is 0 Å². The van der Waals surface area contributed by atoms with Gasteiger partial charge in [0, 0.05) is 23.9 Å². The van der Waals surface area contributed by atoms with Crippen molar-refractivity contribution in [2.24, 2.45) is 0 Å². The Bertz CT molecular complexity index is 1740. The lowest BCUT2D eigenvalue weighted by molar-refractivity contribution is -0.137. The monoisotopic (exact) mass is 579 g/mol. The minimum absolute atomic E-state index is 0.0637. The average Bonchev–Trinajstić information content (AvgIpc) is 3.52. The molecule has 2 saturated heterocycles. The molecule has 4 heterocycles. The Morgan fingerprint density at radius 1 is 1.27 bits per heavy atom. The highest BCUT2D eigenvalue weighted by Gasteiger charge is 2.49. The third-order valence-corrected chi connectivity index (χ3v) is 8.65. The molecule has 40 heavy (non-hydrogen) atoms. The molecule has 2 aromatic carbocycles. The molecule has 2 aliphatic heterocycles. The number of aromatic nitrogens is 2. The van der Waals surface area contributed by atoms with Crippen LogP contribution in [0.5, 0.6) is 11.9 Å². The fraction of sp³-hybridized carbons (Fsp3) is 0.346. The summed E-state index contributed by atoms with van der Waals surface area (Å²) in [6.45, 7) is 0.858. The van der Waals surface area contributed by atoms with Gasteiger partial charge in [-0.1, -0.05) is 6.07 Å². The Labute approximate surface area is 226 Å². The maximum atomic E-state index is 16.2. The topological polar surface area (TPSA) is 108 Å². The second-order valence-electron chi connectivity index (χ2n) is 9.95. The molecular formula is C26H19F6N5O2S. The number of aromatic hydroxyl groups is 1. The maximum Gasteiger partial charge on any atom is 0.417 e. The van der Waals surface area contributed by atoms with E-state index in [4.69, 9.17) is 10.5 Å². The van der Waals surface area contributed by atoms with E-state index in [1.807, 2.05) is 4.90 Å². The summed E-state index contributed by atoms with van der Waals surface area (Å²) >= 11 is 0.652. The molecule has 0 radical (unpaired) electrons. The van der Waals surface area contributed by atoms with Crippen LogP contribution in [0.1, 0.15) is 30.4 Å². The van der Waals surface area contributed by atoms with Crippen molar-refractivity contribution in [1.82, 2.24) is 14.9 Å². The molecule has 2 fully saturated rings. The summed E-state index contributed by atoms with van der Waals surface area (Å²) in [6.07, 6.45) is -4.50. The number of nitrogen functional groups attached to an aromatic ring is 1. The SMILES string of the molecule is N#Cc1c(N)sc2c(F)ccc(-c3c(C(F)(F)F)cc4c(O)nc(OC[C@@]56CCCN5C[C@H](F)C6)nc4c3F)c12. The van der Waals surface area contributed by atoms with Crippen molar-refractivity contribution >= 4 is 37.3 Å². The van der Waals surface area contributed by atoms with Gasteiger partial charge in [-0.2, -0.15) is 28.4 Å². The lowest BCUT2D eigenvalue weighted by Gasteiger charge is -2.30. The first-order chi connectivity index (χ1) is 18.9. The van der Waals surface area contributed by atoms with Gasteiger partial charge in [0.25, 0.3) is 0 Å². The molecule has 0 amide bonds. The molecule has 0 unspecified atom stereocenters. The van der Waals surface area contributed by atoms with Crippen LogP contribution in [0.2, 0.25) is 0 Å². The van der Waals surface area contributed by atoms with E-state index < -0.39 is 69.0 Å². The normalized spacial score (nSPS) is 21.3. The molecule has 0 aliphatic carbocycles. The highest BCUT2D eigenvalue weighted by Crippen LogP contribution is 2.48. The summed E-state index contributed by atoms with van der Waals surface area (Å²) < 4.78 is 93.1. The van der Waals surface area contributed by atoms with Crippen LogP contribution < -0.4 is 10.5 Å². The van der Waals surface area contributed by atoms with Crippen LogP contribution >= 0.6 is 11.3 Å². The number of benzene rings is 2. The third-order valence-electron chi connectivity index (χ3n) is 7.63. The maximum absolute atomic E-state index is 16.2. The van der Waals surface area contributed by atoms with Gasteiger partial charge in [-0.05, 0) is 37.1 Å². The van der Waals surface area contributed by atoms with Crippen LogP contribution in [0.15, 0.2) is 18.2 Å². The number of rotatable bonds is 4. The van der Waals surface area contributed by atoms with Crippen molar-refractivity contribution in [2.75, 3.05) is 25.4 Å². The van der Waals surface area contributed by atoms with Gasteiger partial charge in [0.15, 0.2) is 5.82 Å². The number of nitriles is 1. The number of alkyl halides is 4. The van der Waals surface area contributed by atoms with E-state index in [2.05, 4.69) is 9.97 Å². The van der Waals surface area contributed by atoms with Gasteiger partial charge in [-0.3, -0.25) is 4.90 Å². The van der Waals surface area contributed by atoms with Crippen LogP contribution in [-0.2, 0) is 6.18 Å². The third kappa shape index (κ3) is 3.98. The molecule has 0 bridgehead atoms. The van der Waals surface area contributed by atoms with Crippen LogP contribution in [0, 0.1) is 23.0 Å². The van der Waals surface area contributed by atoms with Crippen LogP contribution in [-0.4, -0.2) is 51.4 Å². The zero-order chi connectivity index (χ0) is 28.6. The summed E-state index contributed by atoms with van der Waals surface area (Å²) in [4.78, 5) is 9.64. The summed E-state index contributed by atoms with van der Waals surface area (Å²) in [5, 5.41) is 19.0. The van der Waals surface area contributed by atoms with E-state index in [-0.39, 0.29) is 40.2 Å². The Hall–Kier alpha value is -3.83. The Morgan fingerprint density at radius 2 is 2.05 bits per heavy atom. The van der Waals surface area contributed by atoms with Gasteiger partial charge < -0.3 is 15.6 Å². The highest BCUT2D eigenvalue weighted by molar-refractivity contribution is 7.23. The smallest absolute Gasteiger partial charge is 0.417 e. The zero-order valence-electron chi connectivity index (χ0n) is 20.4. The fourth-order valence-corrected chi connectivity index (χ4v) is 6.85. The minimum Gasteiger partial charge on any atom is -0.493 e. The van der Waals surface area contributed by atoms with E-state index in [1.165, 1.54) is 0 Å². The van der Waals surface area contributed by atoms with E-state index >= 15 is 4.39 Å². The first kappa shape index (κ1) is 26.4. The minimum atomic E-state index is -5.13. The van der Waals surface area contributed by atoms with Crippen LogP contribution in [0.25, 0.3) is 32.1 Å². The summed E-state index contributed by atoms with van der Waals surface area (Å²) in [6, 6.07) is 3.54. The lowest BCUT2D eigenvalue weighted by Crippen LogP contribution is -2.43. The quantitative estimate of drug-likeness (QED) is 0.289. The van der Waals surface area contributed by atoms with E-state index in [0.29, 0.717) is 30.4 Å². The largest absolute Gasteiger partial charge is 0.493 e. The molecule has 14 heteroatoms. The number of halogens is 6. The Balaban J connectivity index is 1.54. The van der Waals surface area contributed by atoms with E-state index in [1.54, 1.807) is 6.07 Å². The molecule has 2 aromatic heterocycles. The van der Waals surface area contributed by atoms with Gasteiger partial charge in [0.1, 0.15) is 35.2 Å². The number of thiophene rings is 1. The Morgan fingerprint density at radius 3 is 2.77 bits per heavy atom. The number of fused-ring (bicyclic) bond motifs is 3. The highest BCUT2D eigenvalue weighted by atomic mass is 32.1. The first-order valence-corrected chi connectivity index (χ1v) is 13.0. The van der Waals surface area contributed by atoms with Gasteiger partial charge in [-0.15, -0.1) is 11.3 Å². The van der Waals surface area contributed by atoms with Gasteiger partial charge in [0.2, 0.25) is 5.88 Å². The average molecular weight is 580 g/mol. The molecule has 0 spiro atoms. The molecule has 2 atom stereocenters. The van der Waals surface area contributed by atoms with Crippen molar-refractivity contribution in [2.45, 2.75) is 37.1 Å². The van der Waals surface area contributed by atoms with Crippen molar-refractivity contribution in [1.29, 1.82) is 5.26 Å². The Kier molecular flexibility index (Phi) is 6.01. The molecule has 4 aromatic rings. The lowest BCUT2D eigenvalue weighted by atomic mass is 9.92. The predicted octanol–water partition coefficient (Wildman–Crippen LogP) is 5.92. The second-order valence-corrected chi connectivity index (χ2v) is 11.0. The number of nitrogens with two attached hydrogens (primary N) is 1. The number of ether oxygens (including phenoxy) is 1. The number of nitrogens with zero attached hydrogens (tertiary/aromatic N) is 4. The number of hydrogen-bond acceptors (Lipinski definition) is 8. The van der Waals surface area contributed by atoms with Crippen LogP contribution in [0.4, 0.5) is 31.3 Å². The van der Waals surface area contributed by atoms with E-state index in [9.17, 15) is 32.3 Å². The molecule has 2 aliphatic rings. The van der Waals surface area contributed by atoms with Gasteiger partial charge >= 0.3 is 12.2 Å². The zero-order valence-corrected chi connectivity index (χ0v) is 21.3. The molecular weight excluding hydrogens is 560 g/mol. The van der Waals surface area contributed by atoms with Crippen molar-refractivity contribution in [3.8, 4) is 29.1 Å². The van der Waals surface area contributed by atoms with Gasteiger partial charge in [0.05, 0.1) is 26.8 Å². The first-order valence-electron chi connectivity index (χ1n) is 12.2. The summed E-state index contributed by atoms with van der Waals surface area (Å²) in [7, 11) is 0. The van der Waals surface area contributed by atoms with Crippen molar-refractivity contribution < 1.29 is 36.2 Å². The van der Waals surface area contributed by atoms with Crippen molar-refractivity contribution in [3.63, 3.8) is 0 Å². The predicted molar refractivity (Wildman–Crippen MR) is 135 cm³/mol. The molecule has 3 N–H and O–H groups in total.